The molecule has 14 nitrogen and oxygen atoms in total. The molecule has 212 valence electrons. The molecule has 14 heteroatoms. The van der Waals surface area contributed by atoms with Gasteiger partial charge in [-0.05, 0) is 83.8 Å². The Kier molecular flexibility index (Phi) is 15.9. The van der Waals surface area contributed by atoms with Crippen molar-refractivity contribution in [2.24, 2.45) is 27.9 Å². The lowest BCUT2D eigenvalue weighted by atomic mass is 10.0. The molecule has 1 fully saturated rings. The Labute approximate surface area is 218 Å². The van der Waals surface area contributed by atoms with Crippen molar-refractivity contribution in [1.29, 1.82) is 0 Å². The van der Waals surface area contributed by atoms with Crippen molar-refractivity contribution in [3.05, 3.63) is 0 Å². The monoisotopic (exact) mass is 527 g/mol. The summed E-state index contributed by atoms with van der Waals surface area (Å²) >= 11 is 0. The number of hydrogen-bond acceptors (Lipinski definition) is 8. The second-order valence-corrected chi connectivity index (χ2v) is 9.19. The summed E-state index contributed by atoms with van der Waals surface area (Å²) in [5.41, 5.74) is 21.8. The second-order valence-electron chi connectivity index (χ2n) is 9.19. The SMILES string of the molecule is NCCCCC(NC(=O)C(CCCN=C(N)N)NC(=O)C(CCCCN)NC(=O)C1CCCN1)C(=O)O. The van der Waals surface area contributed by atoms with Gasteiger partial charge in [0.2, 0.25) is 17.7 Å². The first kappa shape index (κ1) is 32.1. The van der Waals surface area contributed by atoms with E-state index in [0.29, 0.717) is 58.0 Å². The maximum Gasteiger partial charge on any atom is 0.326 e. The van der Waals surface area contributed by atoms with E-state index in [1.165, 1.54) is 0 Å². The summed E-state index contributed by atoms with van der Waals surface area (Å²) in [6, 6.07) is -3.40. The number of hydrogen-bond donors (Lipinski definition) is 9. The maximum atomic E-state index is 13.2. The summed E-state index contributed by atoms with van der Waals surface area (Å²) in [6.45, 7) is 1.82. The van der Waals surface area contributed by atoms with Crippen LogP contribution in [0.2, 0.25) is 0 Å². The number of nitrogens with one attached hydrogen (secondary N) is 4. The Morgan fingerprint density at radius 1 is 0.838 bits per heavy atom. The number of carbonyl (C=O) groups is 4. The van der Waals surface area contributed by atoms with Gasteiger partial charge in [0.15, 0.2) is 5.96 Å². The molecule has 0 bridgehead atoms. The Hall–Kier alpha value is -2.97. The van der Waals surface area contributed by atoms with Crippen LogP contribution in [-0.2, 0) is 19.2 Å². The molecule has 1 rings (SSSR count). The number of aliphatic carboxylic acids is 1. The van der Waals surface area contributed by atoms with Gasteiger partial charge in [0.05, 0.1) is 6.04 Å². The van der Waals surface area contributed by atoms with Crippen LogP contribution in [0, 0.1) is 0 Å². The van der Waals surface area contributed by atoms with Crippen molar-refractivity contribution in [3.63, 3.8) is 0 Å². The molecule has 0 aromatic carbocycles. The molecule has 0 saturated carbocycles. The Morgan fingerprint density at radius 2 is 1.38 bits per heavy atom. The van der Waals surface area contributed by atoms with E-state index in [1.807, 2.05) is 0 Å². The number of amides is 3. The normalized spacial score (nSPS) is 17.3. The Morgan fingerprint density at radius 3 is 1.89 bits per heavy atom. The topological polar surface area (TPSA) is 253 Å². The van der Waals surface area contributed by atoms with E-state index in [-0.39, 0.29) is 37.3 Å². The van der Waals surface area contributed by atoms with Gasteiger partial charge in [-0.1, -0.05) is 0 Å². The molecule has 4 atom stereocenters. The molecule has 1 aliphatic heterocycles. The van der Waals surface area contributed by atoms with Crippen LogP contribution in [-0.4, -0.2) is 85.1 Å². The molecule has 0 aromatic rings. The molecule has 1 saturated heterocycles. The standard InChI is InChI=1S/C23H45N9O5/c24-11-3-1-7-16(30-19(33)15-9-5-13-28-15)20(34)31-17(10-6-14-29-23(26)27)21(35)32-18(22(36)37)8-2-4-12-25/h15-18,28H,1-14,24-25H2,(H,30,33)(H,31,34)(H,32,35)(H,36,37)(H4,26,27,29). The van der Waals surface area contributed by atoms with Crippen LogP contribution in [0.3, 0.4) is 0 Å². The van der Waals surface area contributed by atoms with E-state index in [1.54, 1.807) is 0 Å². The fourth-order valence-corrected chi connectivity index (χ4v) is 4.01. The summed E-state index contributed by atoms with van der Waals surface area (Å²) in [4.78, 5) is 54.5. The van der Waals surface area contributed by atoms with Crippen LogP contribution < -0.4 is 44.2 Å². The third-order valence-corrected chi connectivity index (χ3v) is 6.10. The number of carbonyl (C=O) groups excluding carboxylic acids is 3. The highest BCUT2D eigenvalue weighted by molar-refractivity contribution is 5.94. The van der Waals surface area contributed by atoms with E-state index in [4.69, 9.17) is 22.9 Å². The van der Waals surface area contributed by atoms with E-state index in [2.05, 4.69) is 26.3 Å². The molecular weight excluding hydrogens is 482 g/mol. The second kappa shape index (κ2) is 18.3. The van der Waals surface area contributed by atoms with Gasteiger partial charge in [0.25, 0.3) is 0 Å². The Bertz CT molecular complexity index is 755. The summed E-state index contributed by atoms with van der Waals surface area (Å²) in [7, 11) is 0. The lowest BCUT2D eigenvalue weighted by molar-refractivity contribution is -0.142. The van der Waals surface area contributed by atoms with Gasteiger partial charge in [-0.15, -0.1) is 0 Å². The van der Waals surface area contributed by atoms with E-state index >= 15 is 0 Å². The average Bonchev–Trinajstić information content (AvgIpc) is 3.39. The van der Waals surface area contributed by atoms with Gasteiger partial charge in [-0.25, -0.2) is 4.79 Å². The zero-order chi connectivity index (χ0) is 27.6. The van der Waals surface area contributed by atoms with Gasteiger partial charge < -0.3 is 49.3 Å². The van der Waals surface area contributed by atoms with Gasteiger partial charge >= 0.3 is 5.97 Å². The highest BCUT2D eigenvalue weighted by Crippen LogP contribution is 2.09. The highest BCUT2D eigenvalue weighted by Gasteiger charge is 2.31. The number of nitrogens with zero attached hydrogens (tertiary/aromatic N) is 1. The quantitative estimate of drug-likeness (QED) is 0.0488. The maximum absolute atomic E-state index is 13.2. The minimum atomic E-state index is -1.17. The van der Waals surface area contributed by atoms with E-state index in [9.17, 15) is 24.3 Å². The molecule has 37 heavy (non-hydrogen) atoms. The first-order chi connectivity index (χ1) is 17.7. The van der Waals surface area contributed by atoms with Gasteiger partial charge in [0, 0.05) is 6.54 Å². The zero-order valence-corrected chi connectivity index (χ0v) is 21.5. The fraction of sp³-hybridized carbons (Fsp3) is 0.783. The fourth-order valence-electron chi connectivity index (χ4n) is 4.01. The van der Waals surface area contributed by atoms with Crippen LogP contribution in [0.5, 0.6) is 0 Å². The smallest absolute Gasteiger partial charge is 0.326 e. The van der Waals surface area contributed by atoms with Crippen molar-refractivity contribution < 1.29 is 24.3 Å². The molecule has 0 radical (unpaired) electrons. The predicted molar refractivity (Wildman–Crippen MR) is 140 cm³/mol. The van der Waals surface area contributed by atoms with Crippen LogP contribution >= 0.6 is 0 Å². The predicted octanol–water partition coefficient (Wildman–Crippen LogP) is -2.41. The molecule has 13 N–H and O–H groups in total. The number of aliphatic imine (C=N–C) groups is 1. The largest absolute Gasteiger partial charge is 0.480 e. The average molecular weight is 528 g/mol. The van der Waals surface area contributed by atoms with E-state index in [0.717, 1.165) is 13.0 Å². The van der Waals surface area contributed by atoms with Crippen LogP contribution in [0.15, 0.2) is 4.99 Å². The molecule has 1 heterocycles. The summed E-state index contributed by atoms with van der Waals surface area (Å²) in [5, 5.41) is 20.6. The van der Waals surface area contributed by atoms with Gasteiger partial charge in [-0.2, -0.15) is 0 Å². The highest BCUT2D eigenvalue weighted by atomic mass is 16.4. The summed E-state index contributed by atoms with van der Waals surface area (Å²) in [6.07, 6.45) is 5.06. The summed E-state index contributed by atoms with van der Waals surface area (Å²) < 4.78 is 0. The van der Waals surface area contributed by atoms with Crippen molar-refractivity contribution in [2.75, 3.05) is 26.2 Å². The molecular formula is C23H45N9O5. The minimum absolute atomic E-state index is 0.0981. The molecule has 0 aromatic heterocycles. The van der Waals surface area contributed by atoms with Crippen LogP contribution in [0.4, 0.5) is 0 Å². The summed E-state index contributed by atoms with van der Waals surface area (Å²) in [5.74, 6) is -2.71. The van der Waals surface area contributed by atoms with E-state index < -0.39 is 35.9 Å². The van der Waals surface area contributed by atoms with Gasteiger partial charge in [0.1, 0.15) is 18.1 Å². The van der Waals surface area contributed by atoms with Crippen LogP contribution in [0.1, 0.15) is 64.2 Å². The lowest BCUT2D eigenvalue weighted by Crippen LogP contribution is -2.57. The molecule has 1 aliphatic rings. The number of nitrogens with two attached hydrogens (primary N) is 4. The number of unbranched alkanes of at least 4 members (excludes halogenated alkanes) is 2. The minimum Gasteiger partial charge on any atom is -0.480 e. The van der Waals surface area contributed by atoms with Crippen LogP contribution in [0.25, 0.3) is 0 Å². The van der Waals surface area contributed by atoms with Crippen molar-refractivity contribution in [1.82, 2.24) is 21.3 Å². The molecule has 0 aliphatic carbocycles. The molecule has 3 amide bonds. The number of carboxylic acid groups (broad SMARTS) is 1. The first-order valence-corrected chi connectivity index (χ1v) is 13.0. The van der Waals surface area contributed by atoms with Gasteiger partial charge in [-0.3, -0.25) is 19.4 Å². The molecule has 4 unspecified atom stereocenters. The lowest BCUT2D eigenvalue weighted by Gasteiger charge is -2.25. The third kappa shape index (κ3) is 13.2. The number of rotatable bonds is 19. The van der Waals surface area contributed by atoms with Crippen molar-refractivity contribution in [2.45, 2.75) is 88.4 Å². The zero-order valence-electron chi connectivity index (χ0n) is 21.5. The van der Waals surface area contributed by atoms with Crippen molar-refractivity contribution in [3.8, 4) is 0 Å². The Balaban J connectivity index is 2.94. The molecule has 0 spiro atoms. The number of carboxylic acids is 1. The first-order valence-electron chi connectivity index (χ1n) is 13.0. The number of guanidine groups is 1. The third-order valence-electron chi connectivity index (χ3n) is 6.10. The van der Waals surface area contributed by atoms with Crippen molar-refractivity contribution >= 4 is 29.7 Å².